The Morgan fingerprint density at radius 1 is 1.17 bits per heavy atom. The Morgan fingerprint density at radius 3 is 2.70 bits per heavy atom. The fraction of sp³-hybridized carbons (Fsp3) is 0.227. The molecule has 1 saturated heterocycles. The Balaban J connectivity index is 1.40. The number of H-pyrrole nitrogens is 1. The summed E-state index contributed by atoms with van der Waals surface area (Å²) in [6.07, 6.45) is 2.05. The number of rotatable bonds is 5. The molecule has 6 nitrogen and oxygen atoms in total. The van der Waals surface area contributed by atoms with Crippen molar-refractivity contribution >= 4 is 44.4 Å². The molecule has 2 aromatic carbocycles. The predicted octanol–water partition coefficient (Wildman–Crippen LogP) is 3.53. The van der Waals surface area contributed by atoms with Gasteiger partial charge < -0.3 is 15.2 Å². The van der Waals surface area contributed by atoms with Crippen LogP contribution in [-0.2, 0) is 4.79 Å². The number of ketones is 1. The lowest BCUT2D eigenvalue weighted by Gasteiger charge is -2.16. The molecule has 0 saturated carbocycles. The van der Waals surface area contributed by atoms with Gasteiger partial charge in [-0.1, -0.05) is 18.2 Å². The quantitative estimate of drug-likeness (QED) is 0.441. The van der Waals surface area contributed by atoms with Gasteiger partial charge in [0.15, 0.2) is 0 Å². The second kappa shape index (κ2) is 8.39. The Kier molecular flexibility index (Phi) is 5.67. The van der Waals surface area contributed by atoms with Crippen molar-refractivity contribution in [2.75, 3.05) is 19.6 Å². The molecule has 0 bridgehead atoms. The van der Waals surface area contributed by atoms with Crippen molar-refractivity contribution in [1.29, 1.82) is 0 Å². The van der Waals surface area contributed by atoms with Crippen LogP contribution >= 0.6 is 15.9 Å². The molecule has 2 N–H and O–H groups in total. The Morgan fingerprint density at radius 2 is 1.93 bits per heavy atom. The van der Waals surface area contributed by atoms with Gasteiger partial charge in [0.1, 0.15) is 5.82 Å². The molecule has 0 spiro atoms. The number of hydrogen-bond acceptors (Lipinski definition) is 3. The van der Waals surface area contributed by atoms with Gasteiger partial charge in [0, 0.05) is 41.3 Å². The second-order valence-corrected chi connectivity index (χ2v) is 8.15. The third-order valence-corrected chi connectivity index (χ3v) is 5.99. The zero-order valence-corrected chi connectivity index (χ0v) is 17.5. The molecule has 0 radical (unpaired) electrons. The zero-order valence-electron chi connectivity index (χ0n) is 16.0. The molecule has 1 fully saturated rings. The largest absolute Gasteiger partial charge is 0.359 e. The van der Waals surface area contributed by atoms with Crippen LogP contribution in [-0.4, -0.2) is 47.1 Å². The van der Waals surface area contributed by atoms with Crippen molar-refractivity contribution in [3.8, 4) is 0 Å². The molecule has 2 amide bonds. The number of carbonyl (C=O) groups is 3. The van der Waals surface area contributed by atoms with E-state index in [1.807, 2.05) is 6.07 Å². The lowest BCUT2D eigenvalue weighted by Crippen LogP contribution is -2.36. The van der Waals surface area contributed by atoms with Crippen molar-refractivity contribution in [1.82, 2.24) is 15.2 Å². The number of aromatic amines is 1. The molecule has 1 aliphatic rings. The monoisotopic (exact) mass is 471 g/mol. The van der Waals surface area contributed by atoms with Gasteiger partial charge in [-0.25, -0.2) is 4.39 Å². The summed E-state index contributed by atoms with van der Waals surface area (Å²) >= 11 is 3.31. The number of benzene rings is 2. The van der Waals surface area contributed by atoms with Crippen LogP contribution in [0.4, 0.5) is 4.39 Å². The Hall–Kier alpha value is -3.00. The first-order valence-corrected chi connectivity index (χ1v) is 10.4. The number of aromatic nitrogens is 1. The molecule has 154 valence electrons. The van der Waals surface area contributed by atoms with E-state index in [1.54, 1.807) is 30.3 Å². The highest BCUT2D eigenvalue weighted by Gasteiger charge is 2.32. The first-order valence-electron chi connectivity index (χ1n) is 9.57. The fourth-order valence-corrected chi connectivity index (χ4v) is 4.17. The highest BCUT2D eigenvalue weighted by molar-refractivity contribution is 9.10. The highest BCUT2D eigenvalue weighted by atomic mass is 79.9. The number of carbonyl (C=O) groups excluding carboxylic acids is 3. The van der Waals surface area contributed by atoms with E-state index < -0.39 is 17.5 Å². The van der Waals surface area contributed by atoms with Crippen molar-refractivity contribution in [3.05, 3.63) is 70.1 Å². The van der Waals surface area contributed by atoms with E-state index in [0.29, 0.717) is 41.6 Å². The normalized spacial score (nSPS) is 16.1. The maximum atomic E-state index is 14.3. The summed E-state index contributed by atoms with van der Waals surface area (Å²) in [5.74, 6) is -2.08. The van der Waals surface area contributed by atoms with Gasteiger partial charge in [-0.05, 0) is 52.5 Å². The van der Waals surface area contributed by atoms with E-state index in [2.05, 4.69) is 26.2 Å². The van der Waals surface area contributed by atoms with Crippen molar-refractivity contribution < 1.29 is 18.8 Å². The number of nitrogens with zero attached hydrogens (tertiary/aromatic N) is 1. The van der Waals surface area contributed by atoms with E-state index in [9.17, 15) is 18.8 Å². The van der Waals surface area contributed by atoms with Gasteiger partial charge in [-0.3, -0.25) is 14.4 Å². The SMILES string of the molecule is O=C(NCC1CCN(C(=O)C(=O)c2c[nH]c3c(Br)ccc(F)c23)C1)c1ccccc1. The topological polar surface area (TPSA) is 82.3 Å². The summed E-state index contributed by atoms with van der Waals surface area (Å²) in [6, 6.07) is 11.7. The summed E-state index contributed by atoms with van der Waals surface area (Å²) in [5.41, 5.74) is 1.04. The fourth-order valence-electron chi connectivity index (χ4n) is 3.72. The lowest BCUT2D eigenvalue weighted by molar-refractivity contribution is -0.125. The summed E-state index contributed by atoms with van der Waals surface area (Å²) in [7, 11) is 0. The molecule has 1 aromatic heterocycles. The molecular weight excluding hydrogens is 453 g/mol. The van der Waals surface area contributed by atoms with Gasteiger partial charge in [0.25, 0.3) is 17.6 Å². The maximum Gasteiger partial charge on any atom is 0.295 e. The summed E-state index contributed by atoms with van der Waals surface area (Å²) in [5, 5.41) is 2.98. The van der Waals surface area contributed by atoms with Crippen LogP contribution in [0.1, 0.15) is 27.1 Å². The smallest absolute Gasteiger partial charge is 0.295 e. The number of hydrogen-bond donors (Lipinski definition) is 2. The van der Waals surface area contributed by atoms with Crippen LogP contribution in [0.3, 0.4) is 0 Å². The molecule has 1 unspecified atom stereocenters. The van der Waals surface area contributed by atoms with Gasteiger partial charge in [-0.15, -0.1) is 0 Å². The number of halogens is 2. The minimum Gasteiger partial charge on any atom is -0.359 e. The van der Waals surface area contributed by atoms with Crippen LogP contribution in [0.2, 0.25) is 0 Å². The lowest BCUT2D eigenvalue weighted by atomic mass is 10.1. The van der Waals surface area contributed by atoms with E-state index in [1.165, 1.54) is 17.2 Å². The number of Topliss-reactive ketones (excluding diaryl/α,β-unsaturated/α-hetero) is 1. The van der Waals surface area contributed by atoms with E-state index in [4.69, 9.17) is 0 Å². The molecule has 2 heterocycles. The predicted molar refractivity (Wildman–Crippen MR) is 114 cm³/mol. The van der Waals surface area contributed by atoms with Gasteiger partial charge in [-0.2, -0.15) is 0 Å². The molecule has 8 heteroatoms. The van der Waals surface area contributed by atoms with Gasteiger partial charge >= 0.3 is 0 Å². The van der Waals surface area contributed by atoms with Crippen LogP contribution in [0, 0.1) is 11.7 Å². The average Bonchev–Trinajstić information content (AvgIpc) is 3.42. The third-order valence-electron chi connectivity index (χ3n) is 5.33. The van der Waals surface area contributed by atoms with E-state index in [0.717, 1.165) is 0 Å². The van der Waals surface area contributed by atoms with E-state index in [-0.39, 0.29) is 22.8 Å². The highest BCUT2D eigenvalue weighted by Crippen LogP contribution is 2.29. The van der Waals surface area contributed by atoms with Crippen LogP contribution in [0.25, 0.3) is 10.9 Å². The first-order chi connectivity index (χ1) is 14.5. The molecule has 3 aromatic rings. The summed E-state index contributed by atoms with van der Waals surface area (Å²) in [6.45, 7) is 1.21. The molecule has 30 heavy (non-hydrogen) atoms. The van der Waals surface area contributed by atoms with Gasteiger partial charge in [0.05, 0.1) is 11.1 Å². The molecule has 1 aliphatic heterocycles. The summed E-state index contributed by atoms with van der Waals surface area (Å²) in [4.78, 5) is 42.0. The Labute approximate surface area is 180 Å². The first kappa shape index (κ1) is 20.3. The minimum atomic E-state index is -0.743. The molecule has 1 atom stereocenters. The van der Waals surface area contributed by atoms with Crippen LogP contribution in [0.5, 0.6) is 0 Å². The second-order valence-electron chi connectivity index (χ2n) is 7.29. The minimum absolute atomic E-state index is 0.0228. The Bertz CT molecular complexity index is 1130. The van der Waals surface area contributed by atoms with Gasteiger partial charge in [0.2, 0.25) is 0 Å². The maximum absolute atomic E-state index is 14.3. The third kappa shape index (κ3) is 3.87. The molecule has 0 aliphatic carbocycles. The van der Waals surface area contributed by atoms with Crippen molar-refractivity contribution in [2.24, 2.45) is 5.92 Å². The standard InChI is InChI=1S/C22H19BrFN3O3/c23-16-6-7-17(24)18-15(11-25-19(16)18)20(28)22(30)27-9-8-13(12-27)10-26-21(29)14-4-2-1-3-5-14/h1-7,11,13,25H,8-10,12H2,(H,26,29). The number of fused-ring (bicyclic) bond motifs is 1. The zero-order chi connectivity index (χ0) is 21.3. The van der Waals surface area contributed by atoms with Crippen LogP contribution in [0.15, 0.2) is 53.1 Å². The number of nitrogens with one attached hydrogen (secondary N) is 2. The number of amides is 2. The van der Waals surface area contributed by atoms with E-state index >= 15 is 0 Å². The van der Waals surface area contributed by atoms with Crippen LogP contribution < -0.4 is 5.32 Å². The number of likely N-dealkylation sites (tertiary alicyclic amines) is 1. The molecule has 4 rings (SSSR count). The summed E-state index contributed by atoms with van der Waals surface area (Å²) < 4.78 is 14.9. The van der Waals surface area contributed by atoms with Crippen molar-refractivity contribution in [2.45, 2.75) is 6.42 Å². The van der Waals surface area contributed by atoms with Crippen molar-refractivity contribution in [3.63, 3.8) is 0 Å². The average molecular weight is 472 g/mol. The molecular formula is C22H19BrFN3O3.